The maximum atomic E-state index is 14.4. The minimum Gasteiger partial charge on any atom is -0.493 e. The van der Waals surface area contributed by atoms with Crippen molar-refractivity contribution in [2.45, 2.75) is 31.3 Å². The highest BCUT2D eigenvalue weighted by Gasteiger charge is 2.40. The number of halogens is 1. The van der Waals surface area contributed by atoms with Gasteiger partial charge in [0.05, 0.1) is 21.3 Å². The van der Waals surface area contributed by atoms with Gasteiger partial charge < -0.3 is 14.4 Å². The number of hydrogen-bond donors (Lipinski definition) is 1. The van der Waals surface area contributed by atoms with E-state index in [1.807, 2.05) is 48.5 Å². The summed E-state index contributed by atoms with van der Waals surface area (Å²) in [4.78, 5) is 55.7. The molecule has 5 aromatic rings. The van der Waals surface area contributed by atoms with Gasteiger partial charge in [0.15, 0.2) is 11.5 Å². The standard InChI is InChI=1S/C43H35IN4O7/c1-54-38-22-27(21-37(44)40(38)55-25-26-9-8-14-30(19-26)48(52)53)20-36-41(49)45-43(51)47(42(36)50)31-23-34-32(28-10-4-2-5-11-28)15-17-46-18-16-33(35(24-31)39(34)46)29-12-6-3-7-13-29/h2-14,19-24,32-33H,15-18,25H2,1H3,(H,45,49,51)/b36-20+/t32-,33-/m1/s1. The van der Waals surface area contributed by atoms with Gasteiger partial charge in [0.1, 0.15) is 12.2 Å². The Morgan fingerprint density at radius 3 is 2.09 bits per heavy atom. The molecule has 1 N–H and O–H groups in total. The molecule has 0 spiro atoms. The first-order valence-electron chi connectivity index (χ1n) is 17.9. The summed E-state index contributed by atoms with van der Waals surface area (Å²) in [5.74, 6) is -0.720. The highest BCUT2D eigenvalue weighted by atomic mass is 127. The third kappa shape index (κ3) is 6.93. The first-order valence-corrected chi connectivity index (χ1v) is 19.0. The number of barbiturate groups is 1. The van der Waals surface area contributed by atoms with Crippen LogP contribution in [0.2, 0.25) is 0 Å². The van der Waals surface area contributed by atoms with E-state index in [0.717, 1.165) is 58.8 Å². The Morgan fingerprint density at radius 2 is 1.49 bits per heavy atom. The van der Waals surface area contributed by atoms with E-state index in [4.69, 9.17) is 9.47 Å². The third-order valence-corrected chi connectivity index (χ3v) is 11.2. The summed E-state index contributed by atoms with van der Waals surface area (Å²) in [6.07, 6.45) is 3.20. The normalized spacial score (nSPS) is 18.5. The summed E-state index contributed by atoms with van der Waals surface area (Å²) in [6.45, 7) is 1.83. The average Bonchev–Trinajstić information content (AvgIpc) is 3.19. The quantitative estimate of drug-likeness (QED) is 0.0516. The van der Waals surface area contributed by atoms with Crippen LogP contribution in [0.5, 0.6) is 11.5 Å². The molecule has 0 aromatic heterocycles. The molecule has 3 heterocycles. The second-order valence-electron chi connectivity index (χ2n) is 13.7. The number of carbonyl (C=O) groups excluding carboxylic acids is 3. The number of carbonyl (C=O) groups is 3. The fourth-order valence-corrected chi connectivity index (χ4v) is 8.69. The number of nitrogens with one attached hydrogen (secondary N) is 1. The largest absolute Gasteiger partial charge is 0.493 e. The Morgan fingerprint density at radius 1 is 0.855 bits per heavy atom. The predicted octanol–water partition coefficient (Wildman–Crippen LogP) is 8.33. The van der Waals surface area contributed by atoms with E-state index in [1.54, 1.807) is 24.3 Å². The van der Waals surface area contributed by atoms with Crippen LogP contribution < -0.4 is 24.6 Å². The molecule has 3 aliphatic heterocycles. The van der Waals surface area contributed by atoms with E-state index >= 15 is 0 Å². The Kier molecular flexibility index (Phi) is 9.82. The van der Waals surface area contributed by atoms with E-state index in [2.05, 4.69) is 57.1 Å². The molecule has 276 valence electrons. The number of amides is 4. The van der Waals surface area contributed by atoms with Crippen LogP contribution in [0.25, 0.3) is 6.08 Å². The SMILES string of the molecule is COc1cc(/C=C2\C(=O)NC(=O)N(c3cc4c5c(c3)[C@@H](c3ccccc3)CCN5CC[C@@H]4c3ccccc3)C2=O)cc(I)c1OCc1cccc([N+](=O)[O-])c1. The maximum absolute atomic E-state index is 14.4. The average molecular weight is 847 g/mol. The van der Waals surface area contributed by atoms with Crippen molar-refractivity contribution in [3.63, 3.8) is 0 Å². The van der Waals surface area contributed by atoms with Gasteiger partial charge in [-0.25, -0.2) is 9.69 Å². The molecule has 11 nitrogen and oxygen atoms in total. The van der Waals surface area contributed by atoms with Gasteiger partial charge in [-0.05, 0) is 99.2 Å². The molecule has 1 fully saturated rings. The number of methoxy groups -OCH3 is 1. The number of nitro groups is 1. The lowest BCUT2D eigenvalue weighted by Gasteiger charge is -2.44. The van der Waals surface area contributed by atoms with Gasteiger partial charge in [-0.1, -0.05) is 72.8 Å². The Balaban J connectivity index is 1.17. The zero-order valence-electron chi connectivity index (χ0n) is 29.7. The number of rotatable bonds is 9. The number of anilines is 2. The smallest absolute Gasteiger partial charge is 0.335 e. The van der Waals surface area contributed by atoms with E-state index < -0.39 is 22.8 Å². The lowest BCUT2D eigenvalue weighted by molar-refractivity contribution is -0.384. The van der Waals surface area contributed by atoms with Gasteiger partial charge in [0.25, 0.3) is 17.5 Å². The minimum absolute atomic E-state index is 0.0449. The van der Waals surface area contributed by atoms with Gasteiger partial charge in [0.2, 0.25) is 0 Å². The number of nitro benzene ring substituents is 1. The molecule has 0 bridgehead atoms. The van der Waals surface area contributed by atoms with Crippen LogP contribution in [-0.4, -0.2) is 43.0 Å². The highest BCUT2D eigenvalue weighted by molar-refractivity contribution is 14.1. The van der Waals surface area contributed by atoms with E-state index in [9.17, 15) is 24.5 Å². The Hall–Kier alpha value is -6.02. The number of ether oxygens (including phenoxy) is 2. The number of benzene rings is 5. The summed E-state index contributed by atoms with van der Waals surface area (Å²) >= 11 is 2.07. The van der Waals surface area contributed by atoms with Crippen molar-refractivity contribution in [2.75, 3.05) is 30.0 Å². The van der Waals surface area contributed by atoms with Crippen LogP contribution in [0.4, 0.5) is 21.9 Å². The number of non-ortho nitro benzene ring substituents is 1. The zero-order chi connectivity index (χ0) is 38.2. The molecule has 0 unspecified atom stereocenters. The molecule has 0 aliphatic carbocycles. The summed E-state index contributed by atoms with van der Waals surface area (Å²) in [6, 6.07) is 33.2. The molecule has 0 saturated carbocycles. The maximum Gasteiger partial charge on any atom is 0.335 e. The van der Waals surface area contributed by atoms with Crippen molar-refractivity contribution in [1.82, 2.24) is 5.32 Å². The van der Waals surface area contributed by atoms with Gasteiger partial charge in [0, 0.05) is 42.7 Å². The number of hydrogen-bond acceptors (Lipinski definition) is 8. The second kappa shape index (κ2) is 15.0. The van der Waals surface area contributed by atoms with E-state index in [1.165, 1.54) is 25.3 Å². The van der Waals surface area contributed by atoms with Crippen molar-refractivity contribution in [1.29, 1.82) is 0 Å². The zero-order valence-corrected chi connectivity index (χ0v) is 31.9. The monoisotopic (exact) mass is 846 g/mol. The van der Waals surface area contributed by atoms with Gasteiger partial charge in [-0.15, -0.1) is 0 Å². The third-order valence-electron chi connectivity index (χ3n) is 10.4. The Labute approximate surface area is 330 Å². The summed E-state index contributed by atoms with van der Waals surface area (Å²) in [7, 11) is 1.47. The fourth-order valence-electron chi connectivity index (χ4n) is 7.91. The molecule has 0 radical (unpaired) electrons. The van der Waals surface area contributed by atoms with E-state index in [0.29, 0.717) is 31.9 Å². The minimum atomic E-state index is -0.813. The highest BCUT2D eigenvalue weighted by Crippen LogP contribution is 2.50. The van der Waals surface area contributed by atoms with Crippen LogP contribution in [0.15, 0.2) is 115 Å². The molecule has 8 rings (SSSR count). The first-order chi connectivity index (χ1) is 26.7. The summed E-state index contributed by atoms with van der Waals surface area (Å²) < 4.78 is 12.3. The van der Waals surface area contributed by atoms with Crippen LogP contribution in [-0.2, 0) is 16.2 Å². The lowest BCUT2D eigenvalue weighted by Crippen LogP contribution is -2.54. The molecule has 3 aliphatic rings. The molecule has 12 heteroatoms. The predicted molar refractivity (Wildman–Crippen MR) is 217 cm³/mol. The van der Waals surface area contributed by atoms with Crippen LogP contribution >= 0.6 is 22.6 Å². The van der Waals surface area contributed by atoms with Crippen molar-refractivity contribution >= 4 is 63.6 Å². The molecular weight excluding hydrogens is 811 g/mol. The number of imide groups is 2. The van der Waals surface area contributed by atoms with Crippen molar-refractivity contribution in [2.24, 2.45) is 0 Å². The van der Waals surface area contributed by atoms with Crippen molar-refractivity contribution in [3.05, 3.63) is 162 Å². The fraction of sp³-hybridized carbons (Fsp3) is 0.186. The second-order valence-corrected chi connectivity index (χ2v) is 14.8. The van der Waals surface area contributed by atoms with Gasteiger partial charge in [-0.2, -0.15) is 0 Å². The van der Waals surface area contributed by atoms with Crippen LogP contribution in [0.1, 0.15) is 58.1 Å². The lowest BCUT2D eigenvalue weighted by atomic mass is 9.76. The van der Waals surface area contributed by atoms with Gasteiger partial charge >= 0.3 is 6.03 Å². The molecule has 2 atom stereocenters. The van der Waals surface area contributed by atoms with Crippen molar-refractivity contribution in [3.8, 4) is 11.5 Å². The van der Waals surface area contributed by atoms with Gasteiger partial charge in [-0.3, -0.25) is 25.0 Å². The first kappa shape index (κ1) is 36.0. The Bertz CT molecular complexity index is 2310. The molecule has 1 saturated heterocycles. The molecule has 5 aromatic carbocycles. The molecule has 55 heavy (non-hydrogen) atoms. The molecular formula is C43H35IN4O7. The summed E-state index contributed by atoms with van der Waals surface area (Å²) in [5, 5.41) is 13.6. The summed E-state index contributed by atoms with van der Waals surface area (Å²) in [5.41, 5.74) is 6.79. The van der Waals surface area contributed by atoms with Crippen molar-refractivity contribution < 1.29 is 28.8 Å². The van der Waals surface area contributed by atoms with E-state index in [-0.39, 0.29) is 29.7 Å². The number of nitrogens with zero attached hydrogens (tertiary/aromatic N) is 3. The van der Waals surface area contributed by atoms with Crippen LogP contribution in [0.3, 0.4) is 0 Å². The topological polar surface area (TPSA) is 131 Å². The van der Waals surface area contributed by atoms with Crippen LogP contribution in [0, 0.1) is 13.7 Å². The molecule has 4 amide bonds. The number of urea groups is 1.